The molecule has 0 atom stereocenters. The van der Waals surface area contributed by atoms with Crippen LogP contribution in [-0.4, -0.2) is 24.3 Å². The van der Waals surface area contributed by atoms with Crippen LogP contribution in [0.1, 0.15) is 5.56 Å². The van der Waals surface area contributed by atoms with Crippen molar-refractivity contribution in [1.82, 2.24) is 4.31 Å². The number of sulfonamides is 1. The Kier molecular flexibility index (Phi) is 4.39. The Hall–Kier alpha value is -1.87. The molecule has 1 aliphatic heterocycles. The van der Waals surface area contributed by atoms with E-state index < -0.39 is 14.9 Å². The van der Waals surface area contributed by atoms with Crippen molar-refractivity contribution in [2.24, 2.45) is 0 Å². The Morgan fingerprint density at radius 1 is 1.25 bits per heavy atom. The molecule has 0 radical (unpaired) electrons. The first kappa shape index (κ1) is 17.0. The van der Waals surface area contributed by atoms with E-state index in [1.165, 1.54) is 30.3 Å². The molecule has 0 amide bonds. The van der Waals surface area contributed by atoms with Crippen molar-refractivity contribution in [2.75, 3.05) is 12.0 Å². The minimum Gasteiger partial charge on any atom is -0.370 e. The Morgan fingerprint density at radius 2 is 1.96 bits per heavy atom. The number of fused-ring (bicyclic) bond motifs is 1. The van der Waals surface area contributed by atoms with Crippen LogP contribution in [0.5, 0.6) is 0 Å². The van der Waals surface area contributed by atoms with Gasteiger partial charge in [-0.1, -0.05) is 41.4 Å². The van der Waals surface area contributed by atoms with Gasteiger partial charge in [-0.05, 0) is 12.1 Å². The molecule has 0 saturated carbocycles. The van der Waals surface area contributed by atoms with E-state index in [1.54, 1.807) is 6.07 Å². The summed E-state index contributed by atoms with van der Waals surface area (Å²) in [7, 11) is -3.91. The Morgan fingerprint density at radius 3 is 2.67 bits per heavy atom. The second-order valence-corrected chi connectivity index (χ2v) is 7.82. The predicted octanol–water partition coefficient (Wildman–Crippen LogP) is 3.48. The summed E-state index contributed by atoms with van der Waals surface area (Å²) in [5, 5.41) is 14.3. The van der Waals surface area contributed by atoms with Crippen molar-refractivity contribution in [1.29, 1.82) is 0 Å². The maximum Gasteiger partial charge on any atom is 0.273 e. The second-order valence-electron chi connectivity index (χ2n) is 5.10. The van der Waals surface area contributed by atoms with E-state index in [9.17, 15) is 18.5 Å². The molecule has 1 aliphatic rings. The number of nitrogens with one attached hydrogen (secondary N) is 1. The van der Waals surface area contributed by atoms with Crippen molar-refractivity contribution >= 4 is 44.6 Å². The number of benzene rings is 2. The van der Waals surface area contributed by atoms with Gasteiger partial charge in [-0.2, -0.15) is 4.31 Å². The lowest BCUT2D eigenvalue weighted by Crippen LogP contribution is -2.39. The molecule has 1 heterocycles. The quantitative estimate of drug-likeness (QED) is 0.642. The average molecular weight is 388 g/mol. The molecular formula is C14H11Cl2N3O4S. The zero-order valence-corrected chi connectivity index (χ0v) is 14.4. The molecule has 1 N–H and O–H groups in total. The highest BCUT2D eigenvalue weighted by Crippen LogP contribution is 2.38. The molecule has 7 nitrogen and oxygen atoms in total. The third-order valence-electron chi connectivity index (χ3n) is 3.59. The number of anilines is 1. The maximum atomic E-state index is 12.8. The zero-order valence-electron chi connectivity index (χ0n) is 12.1. The van der Waals surface area contributed by atoms with E-state index >= 15 is 0 Å². The van der Waals surface area contributed by atoms with Crippen LogP contribution in [0.25, 0.3) is 0 Å². The van der Waals surface area contributed by atoms with Gasteiger partial charge in [0.25, 0.3) is 5.69 Å². The van der Waals surface area contributed by atoms with Gasteiger partial charge in [-0.3, -0.25) is 10.1 Å². The number of rotatable bonds is 3. The first-order valence-corrected chi connectivity index (χ1v) is 8.95. The summed E-state index contributed by atoms with van der Waals surface area (Å²) in [6.07, 6.45) is 0. The minimum absolute atomic E-state index is 0.00254. The number of nitrogens with zero attached hydrogens (tertiary/aromatic N) is 2. The van der Waals surface area contributed by atoms with E-state index in [0.717, 1.165) is 4.31 Å². The number of nitro benzene ring substituents is 1. The summed E-state index contributed by atoms with van der Waals surface area (Å²) in [6.45, 7) is -0.192. The van der Waals surface area contributed by atoms with Crippen LogP contribution in [0.15, 0.2) is 41.3 Å². The average Bonchev–Trinajstić information content (AvgIpc) is 2.49. The standard InChI is InChI=1S/C14H11Cl2N3O4S/c15-10-5-11(16)14-12(6-10)17-8-18(24(14,22)23)7-9-3-1-2-4-13(9)19(20)21/h1-6,17H,7-8H2. The molecule has 0 saturated heterocycles. The summed E-state index contributed by atoms with van der Waals surface area (Å²) in [5.74, 6) is 0. The van der Waals surface area contributed by atoms with Crippen LogP contribution in [0.2, 0.25) is 10.0 Å². The number of nitro groups is 1. The number of hydrogen-bond donors (Lipinski definition) is 1. The van der Waals surface area contributed by atoms with Crippen molar-refractivity contribution < 1.29 is 13.3 Å². The maximum absolute atomic E-state index is 12.8. The summed E-state index contributed by atoms with van der Waals surface area (Å²) in [6, 6.07) is 8.82. The summed E-state index contributed by atoms with van der Waals surface area (Å²) in [5.41, 5.74) is 0.466. The van der Waals surface area contributed by atoms with Gasteiger partial charge in [0.2, 0.25) is 10.0 Å². The van der Waals surface area contributed by atoms with Gasteiger partial charge in [-0.15, -0.1) is 0 Å². The SMILES string of the molecule is O=[N+]([O-])c1ccccc1CN1CNc2cc(Cl)cc(Cl)c2S1(=O)=O. The number of para-hydroxylation sites is 1. The highest BCUT2D eigenvalue weighted by Gasteiger charge is 2.35. The lowest BCUT2D eigenvalue weighted by atomic mass is 10.2. The fourth-order valence-electron chi connectivity index (χ4n) is 2.49. The highest BCUT2D eigenvalue weighted by atomic mass is 35.5. The monoisotopic (exact) mass is 387 g/mol. The first-order valence-electron chi connectivity index (χ1n) is 6.76. The molecule has 0 unspecified atom stereocenters. The van der Waals surface area contributed by atoms with Gasteiger partial charge < -0.3 is 5.32 Å². The smallest absolute Gasteiger partial charge is 0.273 e. The molecule has 0 spiro atoms. The van der Waals surface area contributed by atoms with Crippen molar-refractivity contribution in [3.63, 3.8) is 0 Å². The van der Waals surface area contributed by atoms with Crippen molar-refractivity contribution in [2.45, 2.75) is 11.4 Å². The van der Waals surface area contributed by atoms with E-state index in [2.05, 4.69) is 5.32 Å². The van der Waals surface area contributed by atoms with Gasteiger partial charge >= 0.3 is 0 Å². The molecule has 126 valence electrons. The topological polar surface area (TPSA) is 92.6 Å². The van der Waals surface area contributed by atoms with E-state index in [4.69, 9.17) is 23.2 Å². The van der Waals surface area contributed by atoms with Crippen LogP contribution in [-0.2, 0) is 16.6 Å². The Labute approximate surface area is 148 Å². The van der Waals surface area contributed by atoms with Gasteiger partial charge in [0.15, 0.2) is 0 Å². The second kappa shape index (κ2) is 6.21. The molecule has 3 rings (SSSR count). The molecule has 2 aromatic rings. The third-order valence-corrected chi connectivity index (χ3v) is 6.11. The molecular weight excluding hydrogens is 377 g/mol. The first-order chi connectivity index (χ1) is 11.3. The lowest BCUT2D eigenvalue weighted by molar-refractivity contribution is -0.385. The van der Waals surface area contributed by atoms with Gasteiger partial charge in [0.05, 0.1) is 22.3 Å². The van der Waals surface area contributed by atoms with Crippen molar-refractivity contribution in [3.8, 4) is 0 Å². The highest BCUT2D eigenvalue weighted by molar-refractivity contribution is 7.89. The largest absolute Gasteiger partial charge is 0.370 e. The molecule has 24 heavy (non-hydrogen) atoms. The normalized spacial score (nSPS) is 16.2. The zero-order chi connectivity index (χ0) is 17.5. The molecule has 0 aromatic heterocycles. The summed E-state index contributed by atoms with van der Waals surface area (Å²) >= 11 is 11.9. The van der Waals surface area contributed by atoms with Crippen LogP contribution < -0.4 is 5.32 Å². The van der Waals surface area contributed by atoms with E-state index in [0.29, 0.717) is 16.3 Å². The Bertz CT molecular complexity index is 934. The van der Waals surface area contributed by atoms with Crippen LogP contribution in [0.3, 0.4) is 0 Å². The third kappa shape index (κ3) is 2.93. The molecule has 2 aromatic carbocycles. The van der Waals surface area contributed by atoms with E-state index in [1.807, 2.05) is 0 Å². The molecule has 0 fully saturated rings. The molecule has 0 bridgehead atoms. The van der Waals surface area contributed by atoms with Gasteiger partial charge in [-0.25, -0.2) is 8.42 Å². The van der Waals surface area contributed by atoms with Crippen molar-refractivity contribution in [3.05, 3.63) is 62.1 Å². The summed E-state index contributed by atoms with van der Waals surface area (Å²) in [4.78, 5) is 10.5. The minimum atomic E-state index is -3.91. The predicted molar refractivity (Wildman–Crippen MR) is 90.8 cm³/mol. The van der Waals surface area contributed by atoms with Gasteiger partial charge in [0, 0.05) is 23.2 Å². The fourth-order valence-corrected chi connectivity index (χ4v) is 4.80. The lowest BCUT2D eigenvalue weighted by Gasteiger charge is -2.30. The van der Waals surface area contributed by atoms with Crippen LogP contribution in [0.4, 0.5) is 11.4 Å². The molecule has 10 heteroatoms. The van der Waals surface area contributed by atoms with Crippen LogP contribution >= 0.6 is 23.2 Å². The van der Waals surface area contributed by atoms with Crippen LogP contribution in [0, 0.1) is 10.1 Å². The number of halogens is 2. The Balaban J connectivity index is 2.02. The van der Waals surface area contributed by atoms with Gasteiger partial charge in [0.1, 0.15) is 4.90 Å². The fraction of sp³-hybridized carbons (Fsp3) is 0.143. The molecule has 0 aliphatic carbocycles. The van der Waals surface area contributed by atoms with E-state index in [-0.39, 0.29) is 28.8 Å². The number of hydrogen-bond acceptors (Lipinski definition) is 5. The summed E-state index contributed by atoms with van der Waals surface area (Å²) < 4.78 is 26.7.